The van der Waals surface area contributed by atoms with E-state index in [1.807, 2.05) is 16.8 Å². The van der Waals surface area contributed by atoms with Gasteiger partial charge in [0.1, 0.15) is 5.84 Å². The molecule has 0 aliphatic heterocycles. The Morgan fingerprint density at radius 1 is 1.53 bits per heavy atom. The summed E-state index contributed by atoms with van der Waals surface area (Å²) in [4.78, 5) is 8.01. The summed E-state index contributed by atoms with van der Waals surface area (Å²) in [6.45, 7) is 5.73. The number of aryl methyl sites for hydroxylation is 1. The Morgan fingerprint density at radius 3 is 3.00 bits per heavy atom. The zero-order valence-electron chi connectivity index (χ0n) is 10.7. The number of benzene rings is 1. The third kappa shape index (κ3) is 2.83. The molecule has 0 bridgehead atoms. The van der Waals surface area contributed by atoms with Crippen molar-refractivity contribution in [2.24, 2.45) is 15.7 Å². The summed E-state index contributed by atoms with van der Waals surface area (Å²) in [5, 5.41) is 1.19. The van der Waals surface area contributed by atoms with Crippen LogP contribution in [0, 0.1) is 6.92 Å². The standard InChI is InChI=1S/C14H15BrN4/c1-10-8-19(14(18-9-16)5-6-17-2)13-7-11(15)3-4-12(10)13/h3-8H,2,9,16H2,1H3/b6-5-,18-14?. The quantitative estimate of drug-likeness (QED) is 0.686. The van der Waals surface area contributed by atoms with Crippen LogP contribution in [-0.2, 0) is 0 Å². The van der Waals surface area contributed by atoms with Gasteiger partial charge < -0.3 is 10.3 Å². The minimum atomic E-state index is 0.226. The van der Waals surface area contributed by atoms with Crippen molar-refractivity contribution < 1.29 is 0 Å². The number of aliphatic imine (C=N–C) groups is 2. The SMILES string of the molecule is C=N/C=C\C(=NCN)n1cc(C)c2ccc(Br)cc21. The van der Waals surface area contributed by atoms with Gasteiger partial charge in [-0.05, 0) is 37.4 Å². The highest BCUT2D eigenvalue weighted by Gasteiger charge is 2.08. The summed E-state index contributed by atoms with van der Waals surface area (Å²) in [6, 6.07) is 6.17. The molecule has 0 atom stereocenters. The normalized spacial score (nSPS) is 12.5. The summed E-state index contributed by atoms with van der Waals surface area (Å²) in [5.74, 6) is 0.742. The molecular weight excluding hydrogens is 304 g/mol. The third-order valence-corrected chi connectivity index (χ3v) is 3.29. The number of fused-ring (bicyclic) bond motifs is 1. The Balaban J connectivity index is 2.66. The maximum Gasteiger partial charge on any atom is 0.135 e. The van der Waals surface area contributed by atoms with E-state index in [0.29, 0.717) is 0 Å². The Bertz CT molecular complexity index is 667. The van der Waals surface area contributed by atoms with Gasteiger partial charge in [-0.1, -0.05) is 22.0 Å². The Labute approximate surface area is 120 Å². The van der Waals surface area contributed by atoms with Crippen LogP contribution >= 0.6 is 15.9 Å². The first kappa shape index (κ1) is 13.7. The van der Waals surface area contributed by atoms with E-state index in [-0.39, 0.29) is 6.67 Å². The molecule has 5 heteroatoms. The van der Waals surface area contributed by atoms with E-state index in [4.69, 9.17) is 5.73 Å². The van der Waals surface area contributed by atoms with Crippen molar-refractivity contribution in [1.29, 1.82) is 0 Å². The molecule has 0 fully saturated rings. The molecule has 1 aromatic heterocycles. The van der Waals surface area contributed by atoms with E-state index in [9.17, 15) is 0 Å². The predicted molar refractivity (Wildman–Crippen MR) is 85.0 cm³/mol. The monoisotopic (exact) mass is 318 g/mol. The number of hydrogen-bond donors (Lipinski definition) is 1. The first-order valence-electron chi connectivity index (χ1n) is 5.82. The zero-order valence-corrected chi connectivity index (χ0v) is 12.3. The van der Waals surface area contributed by atoms with Crippen molar-refractivity contribution in [2.45, 2.75) is 6.92 Å². The molecule has 0 saturated carbocycles. The summed E-state index contributed by atoms with van der Waals surface area (Å²) >= 11 is 3.49. The molecule has 2 aromatic rings. The summed E-state index contributed by atoms with van der Waals surface area (Å²) in [6.07, 6.45) is 5.44. The van der Waals surface area contributed by atoms with Crippen LogP contribution in [0.3, 0.4) is 0 Å². The fourth-order valence-corrected chi connectivity index (χ4v) is 2.33. The smallest absolute Gasteiger partial charge is 0.135 e. The molecule has 0 amide bonds. The Hall–Kier alpha value is -1.72. The molecule has 0 radical (unpaired) electrons. The van der Waals surface area contributed by atoms with Gasteiger partial charge in [-0.25, -0.2) is 0 Å². The van der Waals surface area contributed by atoms with E-state index in [0.717, 1.165) is 15.8 Å². The highest BCUT2D eigenvalue weighted by molar-refractivity contribution is 9.10. The molecule has 19 heavy (non-hydrogen) atoms. The van der Waals surface area contributed by atoms with Crippen LogP contribution in [0.2, 0.25) is 0 Å². The van der Waals surface area contributed by atoms with Gasteiger partial charge in [0.2, 0.25) is 0 Å². The zero-order chi connectivity index (χ0) is 13.8. The molecule has 2 N–H and O–H groups in total. The topological polar surface area (TPSA) is 55.7 Å². The van der Waals surface area contributed by atoms with Crippen LogP contribution in [0.15, 0.2) is 51.1 Å². The van der Waals surface area contributed by atoms with E-state index in [2.05, 4.69) is 51.7 Å². The van der Waals surface area contributed by atoms with Gasteiger partial charge in [0.15, 0.2) is 0 Å². The summed E-state index contributed by atoms with van der Waals surface area (Å²) in [7, 11) is 0. The van der Waals surface area contributed by atoms with Crippen LogP contribution in [0.4, 0.5) is 0 Å². The van der Waals surface area contributed by atoms with Gasteiger partial charge in [0, 0.05) is 22.3 Å². The number of aromatic nitrogens is 1. The van der Waals surface area contributed by atoms with Crippen molar-refractivity contribution in [2.75, 3.05) is 6.67 Å². The van der Waals surface area contributed by atoms with Crippen LogP contribution < -0.4 is 5.73 Å². The average molecular weight is 319 g/mol. The molecule has 0 spiro atoms. The van der Waals surface area contributed by atoms with Gasteiger partial charge >= 0.3 is 0 Å². The highest BCUT2D eigenvalue weighted by atomic mass is 79.9. The molecule has 0 aliphatic carbocycles. The molecule has 1 heterocycles. The average Bonchev–Trinajstić information content (AvgIpc) is 2.71. The molecule has 1 aromatic carbocycles. The van der Waals surface area contributed by atoms with Crippen molar-refractivity contribution in [3.63, 3.8) is 0 Å². The second-order valence-corrected chi connectivity index (χ2v) is 4.96. The Kier molecular flexibility index (Phi) is 4.29. The lowest BCUT2D eigenvalue weighted by atomic mass is 10.2. The van der Waals surface area contributed by atoms with E-state index in [1.54, 1.807) is 12.3 Å². The molecule has 0 unspecified atom stereocenters. The second-order valence-electron chi connectivity index (χ2n) is 4.04. The van der Waals surface area contributed by atoms with Crippen molar-refractivity contribution in [3.8, 4) is 0 Å². The van der Waals surface area contributed by atoms with Gasteiger partial charge in [0.05, 0.1) is 12.2 Å². The first-order valence-corrected chi connectivity index (χ1v) is 6.61. The van der Waals surface area contributed by atoms with Gasteiger partial charge in [-0.15, -0.1) is 0 Å². The minimum absolute atomic E-state index is 0.226. The number of rotatable bonds is 3. The van der Waals surface area contributed by atoms with Gasteiger partial charge in [-0.3, -0.25) is 9.98 Å². The molecule has 0 aliphatic rings. The fourth-order valence-electron chi connectivity index (χ4n) is 1.98. The van der Waals surface area contributed by atoms with Crippen molar-refractivity contribution >= 4 is 39.4 Å². The highest BCUT2D eigenvalue weighted by Crippen LogP contribution is 2.24. The summed E-state index contributed by atoms with van der Waals surface area (Å²) < 4.78 is 3.03. The van der Waals surface area contributed by atoms with Crippen molar-refractivity contribution in [1.82, 2.24) is 4.57 Å². The molecule has 98 valence electrons. The van der Waals surface area contributed by atoms with E-state index >= 15 is 0 Å². The lowest BCUT2D eigenvalue weighted by molar-refractivity contribution is 1.04. The van der Waals surface area contributed by atoms with Gasteiger partial charge in [-0.2, -0.15) is 0 Å². The van der Waals surface area contributed by atoms with Crippen LogP contribution in [0.1, 0.15) is 5.56 Å². The van der Waals surface area contributed by atoms with Gasteiger partial charge in [0.25, 0.3) is 0 Å². The molecular formula is C14H15BrN4. The molecule has 2 rings (SSSR count). The number of hydrogen-bond acceptors (Lipinski definition) is 3. The van der Waals surface area contributed by atoms with Crippen molar-refractivity contribution in [3.05, 3.63) is 46.7 Å². The lowest BCUT2D eigenvalue weighted by Crippen LogP contribution is -2.10. The van der Waals surface area contributed by atoms with Crippen LogP contribution in [-0.4, -0.2) is 23.8 Å². The number of nitrogens with zero attached hydrogens (tertiary/aromatic N) is 3. The molecule has 4 nitrogen and oxygen atoms in total. The number of halogens is 1. The van der Waals surface area contributed by atoms with E-state index in [1.165, 1.54) is 10.9 Å². The molecule has 0 saturated heterocycles. The predicted octanol–water partition coefficient (Wildman–Crippen LogP) is 3.09. The largest absolute Gasteiger partial charge is 0.312 e. The van der Waals surface area contributed by atoms with E-state index < -0.39 is 0 Å². The second kappa shape index (κ2) is 5.95. The van der Waals surface area contributed by atoms with Crippen LogP contribution in [0.5, 0.6) is 0 Å². The minimum Gasteiger partial charge on any atom is -0.312 e. The maximum absolute atomic E-state index is 5.53. The lowest BCUT2D eigenvalue weighted by Gasteiger charge is -2.05. The third-order valence-electron chi connectivity index (χ3n) is 2.80. The first-order chi connectivity index (χ1) is 9.17. The van der Waals surface area contributed by atoms with Crippen LogP contribution in [0.25, 0.3) is 10.9 Å². The summed E-state index contributed by atoms with van der Waals surface area (Å²) in [5.41, 5.74) is 7.79. The number of allylic oxidation sites excluding steroid dienone is 1. The fraction of sp³-hybridized carbons (Fsp3) is 0.143. The number of nitrogens with two attached hydrogens (primary N) is 1. The Morgan fingerprint density at radius 2 is 2.32 bits per heavy atom. The maximum atomic E-state index is 5.53.